The number of halogens is 2. The lowest BCUT2D eigenvalue weighted by molar-refractivity contribution is 0.545. The third kappa shape index (κ3) is 3.30. The summed E-state index contributed by atoms with van der Waals surface area (Å²) < 4.78 is 0.978. The average molecular weight is 355 g/mol. The minimum absolute atomic E-state index is 0.151. The molecule has 0 aliphatic rings. The van der Waals surface area contributed by atoms with E-state index in [9.17, 15) is 0 Å². The first kappa shape index (κ1) is 15.3. The van der Waals surface area contributed by atoms with Gasteiger partial charge in [-0.3, -0.25) is 0 Å². The summed E-state index contributed by atoms with van der Waals surface area (Å²) in [6.07, 6.45) is 0. The summed E-state index contributed by atoms with van der Waals surface area (Å²) in [6, 6.07) is 7.90. The SMILES string of the molecule is Cc1c(Cl)nc(C(C)(C)C)nc1Nc1ccccc1Br. The molecule has 0 aliphatic carbocycles. The Hall–Kier alpha value is -1.13. The Morgan fingerprint density at radius 3 is 2.40 bits per heavy atom. The molecule has 1 aromatic carbocycles. The Balaban J connectivity index is 2.46. The Morgan fingerprint density at radius 1 is 1.15 bits per heavy atom. The van der Waals surface area contributed by atoms with E-state index >= 15 is 0 Å². The van der Waals surface area contributed by atoms with Crippen molar-refractivity contribution in [2.75, 3.05) is 5.32 Å². The minimum Gasteiger partial charge on any atom is -0.339 e. The van der Waals surface area contributed by atoms with Gasteiger partial charge in [-0.15, -0.1) is 0 Å². The van der Waals surface area contributed by atoms with Gasteiger partial charge in [0.25, 0.3) is 0 Å². The predicted octanol–water partition coefficient (Wildman–Crippen LogP) is 5.24. The molecule has 3 nitrogen and oxygen atoms in total. The molecule has 0 spiro atoms. The van der Waals surface area contributed by atoms with E-state index in [1.54, 1.807) is 0 Å². The van der Waals surface area contributed by atoms with Crippen LogP contribution in [0.1, 0.15) is 32.2 Å². The van der Waals surface area contributed by atoms with Gasteiger partial charge in [-0.25, -0.2) is 9.97 Å². The lowest BCUT2D eigenvalue weighted by Gasteiger charge is -2.19. The molecule has 0 saturated heterocycles. The Bertz CT molecular complexity index is 636. The molecule has 0 unspecified atom stereocenters. The highest BCUT2D eigenvalue weighted by atomic mass is 79.9. The van der Waals surface area contributed by atoms with Crippen LogP contribution in [0.3, 0.4) is 0 Å². The maximum atomic E-state index is 6.23. The first-order valence-electron chi connectivity index (χ1n) is 6.35. The summed E-state index contributed by atoms with van der Waals surface area (Å²) in [7, 11) is 0. The van der Waals surface area contributed by atoms with Crippen molar-refractivity contribution in [3.05, 3.63) is 45.3 Å². The normalized spacial score (nSPS) is 11.5. The predicted molar refractivity (Wildman–Crippen MR) is 87.9 cm³/mol. The standard InChI is InChI=1S/C15H17BrClN3/c1-9-12(17)19-14(15(2,3)4)20-13(9)18-11-8-6-5-7-10(11)16/h5-8H,1-4H3,(H,18,19,20). The van der Waals surface area contributed by atoms with Crippen molar-refractivity contribution in [1.82, 2.24) is 9.97 Å². The van der Waals surface area contributed by atoms with Crippen LogP contribution in [0, 0.1) is 6.92 Å². The zero-order chi connectivity index (χ0) is 14.9. The molecule has 2 aromatic rings. The van der Waals surface area contributed by atoms with Crippen molar-refractivity contribution in [3.8, 4) is 0 Å². The fourth-order valence-corrected chi connectivity index (χ4v) is 2.19. The molecule has 0 amide bonds. The second kappa shape index (κ2) is 5.70. The first-order chi connectivity index (χ1) is 9.29. The van der Waals surface area contributed by atoms with Gasteiger partial charge in [0, 0.05) is 15.5 Å². The molecule has 5 heteroatoms. The molecule has 1 heterocycles. The molecular formula is C15H17BrClN3. The number of nitrogens with zero attached hydrogens (tertiary/aromatic N) is 2. The van der Waals surface area contributed by atoms with Gasteiger partial charge in [0.2, 0.25) is 0 Å². The van der Waals surface area contributed by atoms with E-state index in [0.29, 0.717) is 5.15 Å². The van der Waals surface area contributed by atoms with Crippen LogP contribution in [0.2, 0.25) is 5.15 Å². The summed E-state index contributed by atoms with van der Waals surface area (Å²) in [4.78, 5) is 8.98. The molecule has 0 radical (unpaired) electrons. The van der Waals surface area contributed by atoms with Gasteiger partial charge in [-0.05, 0) is 35.0 Å². The molecule has 0 fully saturated rings. The van der Waals surface area contributed by atoms with E-state index in [2.05, 4.69) is 52.0 Å². The number of hydrogen-bond acceptors (Lipinski definition) is 3. The highest BCUT2D eigenvalue weighted by Gasteiger charge is 2.20. The number of rotatable bonds is 2. The molecule has 20 heavy (non-hydrogen) atoms. The van der Waals surface area contributed by atoms with Gasteiger partial charge in [0.15, 0.2) is 0 Å². The Labute approximate surface area is 132 Å². The van der Waals surface area contributed by atoms with Gasteiger partial charge < -0.3 is 5.32 Å². The molecule has 2 rings (SSSR count). The maximum Gasteiger partial charge on any atom is 0.138 e. The zero-order valence-corrected chi connectivity index (χ0v) is 14.3. The highest BCUT2D eigenvalue weighted by molar-refractivity contribution is 9.10. The van der Waals surface area contributed by atoms with Crippen LogP contribution in [-0.2, 0) is 5.41 Å². The molecule has 0 atom stereocenters. The van der Waals surface area contributed by atoms with Crippen LogP contribution < -0.4 is 5.32 Å². The van der Waals surface area contributed by atoms with Crippen molar-refractivity contribution in [1.29, 1.82) is 0 Å². The fourth-order valence-electron chi connectivity index (χ4n) is 1.64. The number of nitrogens with one attached hydrogen (secondary N) is 1. The molecule has 0 saturated carbocycles. The monoisotopic (exact) mass is 353 g/mol. The number of benzene rings is 1. The second-order valence-corrected chi connectivity index (χ2v) is 6.88. The van der Waals surface area contributed by atoms with E-state index in [1.165, 1.54) is 0 Å². The van der Waals surface area contributed by atoms with Gasteiger partial charge in [-0.1, -0.05) is 44.5 Å². The molecular weight excluding hydrogens is 338 g/mol. The van der Waals surface area contributed by atoms with Crippen LogP contribution in [0.4, 0.5) is 11.5 Å². The molecule has 1 aromatic heterocycles. The third-order valence-corrected chi connectivity index (χ3v) is 3.94. The average Bonchev–Trinajstić information content (AvgIpc) is 2.36. The fraction of sp³-hybridized carbons (Fsp3) is 0.333. The Morgan fingerprint density at radius 2 is 1.80 bits per heavy atom. The minimum atomic E-state index is -0.151. The van der Waals surface area contributed by atoms with Crippen LogP contribution >= 0.6 is 27.5 Å². The summed E-state index contributed by atoms with van der Waals surface area (Å²) in [5, 5.41) is 3.80. The van der Waals surface area contributed by atoms with Crippen molar-refractivity contribution < 1.29 is 0 Å². The molecule has 1 N–H and O–H groups in total. The van der Waals surface area contributed by atoms with Gasteiger partial charge in [-0.2, -0.15) is 0 Å². The number of para-hydroxylation sites is 1. The van der Waals surface area contributed by atoms with Gasteiger partial charge >= 0.3 is 0 Å². The quantitative estimate of drug-likeness (QED) is 0.749. The summed E-state index contributed by atoms with van der Waals surface area (Å²) in [6.45, 7) is 8.11. The first-order valence-corrected chi connectivity index (χ1v) is 7.52. The van der Waals surface area contributed by atoms with E-state index in [1.807, 2.05) is 31.2 Å². The Kier molecular flexibility index (Phi) is 4.35. The van der Waals surface area contributed by atoms with Crippen molar-refractivity contribution in [2.45, 2.75) is 33.1 Å². The van der Waals surface area contributed by atoms with E-state index < -0.39 is 0 Å². The summed E-state index contributed by atoms with van der Waals surface area (Å²) in [5.74, 6) is 1.46. The van der Waals surface area contributed by atoms with Gasteiger partial charge in [0.1, 0.15) is 16.8 Å². The third-order valence-electron chi connectivity index (χ3n) is 2.88. The lowest BCUT2D eigenvalue weighted by Crippen LogP contribution is -2.17. The lowest BCUT2D eigenvalue weighted by atomic mass is 9.95. The topological polar surface area (TPSA) is 37.8 Å². The van der Waals surface area contributed by atoms with Crippen LogP contribution in [-0.4, -0.2) is 9.97 Å². The smallest absolute Gasteiger partial charge is 0.138 e. The number of hydrogen-bond donors (Lipinski definition) is 1. The van der Waals surface area contributed by atoms with E-state index in [0.717, 1.165) is 27.4 Å². The molecule has 0 aliphatic heterocycles. The highest BCUT2D eigenvalue weighted by Crippen LogP contribution is 2.30. The maximum absolute atomic E-state index is 6.23. The van der Waals surface area contributed by atoms with Crippen LogP contribution in [0.25, 0.3) is 0 Å². The van der Waals surface area contributed by atoms with E-state index in [4.69, 9.17) is 11.6 Å². The van der Waals surface area contributed by atoms with Gasteiger partial charge in [0.05, 0.1) is 5.69 Å². The van der Waals surface area contributed by atoms with Crippen LogP contribution in [0.5, 0.6) is 0 Å². The van der Waals surface area contributed by atoms with Crippen molar-refractivity contribution >= 4 is 39.0 Å². The largest absolute Gasteiger partial charge is 0.339 e. The summed E-state index contributed by atoms with van der Waals surface area (Å²) in [5.41, 5.74) is 1.64. The molecule has 0 bridgehead atoms. The van der Waals surface area contributed by atoms with Crippen LogP contribution in [0.15, 0.2) is 28.7 Å². The summed E-state index contributed by atoms with van der Waals surface area (Å²) >= 11 is 9.74. The van der Waals surface area contributed by atoms with E-state index in [-0.39, 0.29) is 5.41 Å². The second-order valence-electron chi connectivity index (χ2n) is 5.67. The number of aromatic nitrogens is 2. The van der Waals surface area contributed by atoms with Crippen molar-refractivity contribution in [2.24, 2.45) is 0 Å². The van der Waals surface area contributed by atoms with Crippen molar-refractivity contribution in [3.63, 3.8) is 0 Å². The molecule has 106 valence electrons. The zero-order valence-electron chi connectivity index (χ0n) is 12.0. The number of anilines is 2.